The molecule has 0 N–H and O–H groups in total. The number of rotatable bonds is 4. The van der Waals surface area contributed by atoms with Gasteiger partial charge in [-0.2, -0.15) is 0 Å². The van der Waals surface area contributed by atoms with Gasteiger partial charge < -0.3 is 0 Å². The Labute approximate surface area is 105 Å². The fourth-order valence-electron chi connectivity index (χ4n) is 0.447. The van der Waals surface area contributed by atoms with E-state index in [4.69, 9.17) is 0 Å². The minimum atomic E-state index is -1.56. The van der Waals surface area contributed by atoms with E-state index < -0.39 is 27.0 Å². The number of nitro groups is 3. The Bertz CT molecular complexity index is 313. The maximum absolute atomic E-state index is 10.5. The van der Waals surface area contributed by atoms with Gasteiger partial charge in [-0.1, -0.05) is 0 Å². The first-order valence-electron chi connectivity index (χ1n) is 5.21. The summed E-state index contributed by atoms with van der Waals surface area (Å²) in [7, 11) is 0. The maximum atomic E-state index is 10.5. The van der Waals surface area contributed by atoms with Gasteiger partial charge in [0.25, 0.3) is 11.1 Å². The van der Waals surface area contributed by atoms with E-state index in [0.29, 0.717) is 0 Å². The van der Waals surface area contributed by atoms with Crippen LogP contribution in [0.5, 0.6) is 0 Å². The summed E-state index contributed by atoms with van der Waals surface area (Å²) < 4.78 is 0. The van der Waals surface area contributed by atoms with Crippen molar-refractivity contribution in [2.45, 2.75) is 58.7 Å². The molecule has 0 heterocycles. The van der Waals surface area contributed by atoms with Crippen LogP contribution in [0.15, 0.2) is 0 Å². The lowest BCUT2D eigenvalue weighted by Crippen LogP contribution is -2.55. The minimum absolute atomic E-state index is 0.333. The number of hydrogen-bond donors (Lipinski definition) is 0. The van der Waals surface area contributed by atoms with Crippen molar-refractivity contribution in [1.82, 2.24) is 0 Å². The topological polar surface area (TPSA) is 129 Å². The van der Waals surface area contributed by atoms with Crippen molar-refractivity contribution in [1.29, 1.82) is 0 Å². The lowest BCUT2D eigenvalue weighted by molar-refractivity contribution is -0.673. The largest absolute Gasteiger partial charge is 0.284 e. The average Bonchev–Trinajstić information content (AvgIpc) is 2.17. The Kier molecular flexibility index (Phi) is 6.41. The second kappa shape index (κ2) is 6.22. The molecule has 0 fully saturated rings. The summed E-state index contributed by atoms with van der Waals surface area (Å²) >= 11 is 0. The molecule has 0 radical (unpaired) electrons. The SMILES string of the molecule is CC(C)([N+](=O)[O-])C(C)(C)[N+](=O)[O-].CC(C)[N+](=O)[O-]. The van der Waals surface area contributed by atoms with E-state index in [9.17, 15) is 30.3 Å². The first-order chi connectivity index (χ1) is 7.78. The summed E-state index contributed by atoms with van der Waals surface area (Å²) in [6, 6.07) is -0.426. The fourth-order valence-corrected chi connectivity index (χ4v) is 0.447. The molecule has 0 bridgehead atoms. The van der Waals surface area contributed by atoms with E-state index in [2.05, 4.69) is 0 Å². The van der Waals surface area contributed by atoms with Crippen LogP contribution in [0.4, 0.5) is 0 Å². The van der Waals surface area contributed by atoms with E-state index in [1.54, 1.807) is 13.8 Å². The third kappa shape index (κ3) is 4.60. The molecule has 0 atom stereocenters. The van der Waals surface area contributed by atoms with Gasteiger partial charge >= 0.3 is 0 Å². The summed E-state index contributed by atoms with van der Waals surface area (Å²) in [5, 5.41) is 30.5. The Morgan fingerprint density at radius 3 is 1.00 bits per heavy atom. The lowest BCUT2D eigenvalue weighted by Gasteiger charge is -2.25. The second-order valence-electron chi connectivity index (χ2n) is 5.01. The zero-order chi connectivity index (χ0) is 15.3. The summed E-state index contributed by atoms with van der Waals surface area (Å²) in [4.78, 5) is 28.9. The van der Waals surface area contributed by atoms with Gasteiger partial charge in [0, 0.05) is 56.3 Å². The highest BCUT2D eigenvalue weighted by Gasteiger charge is 2.57. The second-order valence-corrected chi connectivity index (χ2v) is 5.01. The standard InChI is InChI=1S/C6H12N2O4.C3H7NO2/c1-5(2,7(9)10)6(3,4)8(11)12;1-3(2)4(5)6/h1-4H3;3H,1-2H3. The molecule has 0 amide bonds. The van der Waals surface area contributed by atoms with E-state index in [1.165, 1.54) is 27.7 Å². The zero-order valence-corrected chi connectivity index (χ0v) is 11.4. The molecular formula is C9H19N3O6. The molecule has 0 aliphatic carbocycles. The molecule has 0 aromatic carbocycles. The minimum Gasteiger partial charge on any atom is -0.264 e. The highest BCUT2D eigenvalue weighted by atomic mass is 16.7. The van der Waals surface area contributed by atoms with Crippen molar-refractivity contribution in [3.05, 3.63) is 30.3 Å². The van der Waals surface area contributed by atoms with Crippen LogP contribution < -0.4 is 0 Å². The molecule has 18 heavy (non-hydrogen) atoms. The smallest absolute Gasteiger partial charge is 0.264 e. The van der Waals surface area contributed by atoms with Crippen LogP contribution in [0.2, 0.25) is 0 Å². The number of hydrogen-bond acceptors (Lipinski definition) is 6. The normalized spacial score (nSPS) is 11.5. The molecule has 0 spiro atoms. The van der Waals surface area contributed by atoms with Crippen LogP contribution in [0.25, 0.3) is 0 Å². The molecule has 0 aromatic rings. The molecular weight excluding hydrogens is 246 g/mol. The molecule has 9 nitrogen and oxygen atoms in total. The number of nitrogens with zero attached hydrogens (tertiary/aromatic N) is 3. The highest BCUT2D eigenvalue weighted by Crippen LogP contribution is 2.27. The maximum Gasteiger partial charge on any atom is 0.284 e. The van der Waals surface area contributed by atoms with Gasteiger partial charge in [0.1, 0.15) is 0 Å². The predicted molar refractivity (Wildman–Crippen MR) is 64.3 cm³/mol. The van der Waals surface area contributed by atoms with Crippen LogP contribution in [-0.4, -0.2) is 31.9 Å². The molecule has 0 aliphatic rings. The van der Waals surface area contributed by atoms with Crippen molar-refractivity contribution in [2.75, 3.05) is 0 Å². The molecule has 0 unspecified atom stereocenters. The molecule has 0 rings (SSSR count). The van der Waals surface area contributed by atoms with Crippen LogP contribution in [0.1, 0.15) is 41.5 Å². The quantitative estimate of drug-likeness (QED) is 0.562. The highest BCUT2D eigenvalue weighted by molar-refractivity contribution is 4.86. The fraction of sp³-hybridized carbons (Fsp3) is 1.00. The van der Waals surface area contributed by atoms with E-state index in [0.717, 1.165) is 0 Å². The van der Waals surface area contributed by atoms with E-state index in [-0.39, 0.29) is 4.92 Å². The Morgan fingerprint density at radius 2 is 0.944 bits per heavy atom. The first-order valence-corrected chi connectivity index (χ1v) is 5.21. The van der Waals surface area contributed by atoms with Crippen LogP contribution >= 0.6 is 0 Å². The van der Waals surface area contributed by atoms with Gasteiger partial charge in [0.05, 0.1) is 0 Å². The summed E-state index contributed by atoms with van der Waals surface area (Å²) in [5.41, 5.74) is -3.12. The first kappa shape index (κ1) is 18.6. The van der Waals surface area contributed by atoms with Crippen molar-refractivity contribution in [2.24, 2.45) is 0 Å². The zero-order valence-electron chi connectivity index (χ0n) is 11.4. The monoisotopic (exact) mass is 265 g/mol. The van der Waals surface area contributed by atoms with Crippen LogP contribution in [0, 0.1) is 30.3 Å². The van der Waals surface area contributed by atoms with Gasteiger partial charge in [0.15, 0.2) is 0 Å². The molecule has 106 valence electrons. The lowest BCUT2D eigenvalue weighted by atomic mass is 9.84. The van der Waals surface area contributed by atoms with Crippen LogP contribution in [-0.2, 0) is 0 Å². The molecule has 0 saturated carbocycles. The third-order valence-electron chi connectivity index (χ3n) is 2.83. The van der Waals surface area contributed by atoms with Crippen LogP contribution in [0.3, 0.4) is 0 Å². The average molecular weight is 265 g/mol. The summed E-state index contributed by atoms with van der Waals surface area (Å²) in [6.45, 7) is 8.07. The van der Waals surface area contributed by atoms with Crippen molar-refractivity contribution in [3.63, 3.8) is 0 Å². The third-order valence-corrected chi connectivity index (χ3v) is 2.83. The summed E-state index contributed by atoms with van der Waals surface area (Å²) in [5.74, 6) is 0. The Hall–Kier alpha value is -1.80. The molecule has 0 saturated heterocycles. The van der Waals surface area contributed by atoms with Gasteiger partial charge in [-0.05, 0) is 0 Å². The summed E-state index contributed by atoms with van der Waals surface area (Å²) in [6.07, 6.45) is 0. The predicted octanol–water partition coefficient (Wildman–Crippen LogP) is 1.77. The molecule has 9 heteroatoms. The Balaban J connectivity index is 0. The van der Waals surface area contributed by atoms with Crippen molar-refractivity contribution >= 4 is 0 Å². The van der Waals surface area contributed by atoms with Gasteiger partial charge in [-0.3, -0.25) is 30.3 Å². The van der Waals surface area contributed by atoms with Crippen molar-refractivity contribution < 1.29 is 14.8 Å². The van der Waals surface area contributed by atoms with Gasteiger partial charge in [-0.25, -0.2) is 0 Å². The molecule has 0 aromatic heterocycles. The Morgan fingerprint density at radius 1 is 0.778 bits per heavy atom. The van der Waals surface area contributed by atoms with Gasteiger partial charge in [0.2, 0.25) is 6.04 Å². The molecule has 0 aliphatic heterocycles. The van der Waals surface area contributed by atoms with E-state index >= 15 is 0 Å². The van der Waals surface area contributed by atoms with Gasteiger partial charge in [-0.15, -0.1) is 0 Å². The van der Waals surface area contributed by atoms with E-state index in [1.807, 2.05) is 0 Å². The van der Waals surface area contributed by atoms with Crippen molar-refractivity contribution in [3.8, 4) is 0 Å².